The molecule has 0 unspecified atom stereocenters. The Kier molecular flexibility index (Phi) is 6.89. The van der Waals surface area contributed by atoms with E-state index in [0.29, 0.717) is 11.5 Å². The van der Waals surface area contributed by atoms with Gasteiger partial charge in [0.15, 0.2) is 0 Å². The predicted octanol–water partition coefficient (Wildman–Crippen LogP) is 6.67. The van der Waals surface area contributed by atoms with Gasteiger partial charge in [0.1, 0.15) is 11.9 Å². The molecule has 0 saturated carbocycles. The number of ether oxygens (including phenoxy) is 1. The number of alkyl carbamates (subject to hydrolysis) is 1. The van der Waals surface area contributed by atoms with Crippen LogP contribution in [0.5, 0.6) is 0 Å². The average Bonchev–Trinajstić information content (AvgIpc) is 2.85. The Hall–Kier alpha value is -2.40. The van der Waals surface area contributed by atoms with Crippen molar-refractivity contribution < 1.29 is 13.9 Å². The SMILES string of the molecule is CCCCc1ccc(-c2cc3c(cc2F)[C@H](NC(=O)O[C@@H]2CN4CCC2CC4)C(C)(C)CC3)cc1. The zero-order valence-electron chi connectivity index (χ0n) is 21.4. The third-order valence-electron chi connectivity index (χ3n) is 8.56. The number of fused-ring (bicyclic) bond motifs is 4. The molecule has 5 heteroatoms. The highest BCUT2D eigenvalue weighted by Gasteiger charge is 2.40. The van der Waals surface area contributed by atoms with Crippen LogP contribution in [0.4, 0.5) is 9.18 Å². The lowest BCUT2D eigenvalue weighted by atomic mass is 9.70. The van der Waals surface area contributed by atoms with Gasteiger partial charge in [0.05, 0.1) is 6.04 Å². The van der Waals surface area contributed by atoms with Crippen molar-refractivity contribution in [2.75, 3.05) is 19.6 Å². The van der Waals surface area contributed by atoms with Gasteiger partial charge >= 0.3 is 6.09 Å². The number of unbranched alkanes of at least 4 members (excludes halogenated alkanes) is 1. The van der Waals surface area contributed by atoms with E-state index in [4.69, 9.17) is 4.74 Å². The molecular weight excluding hydrogens is 439 g/mol. The van der Waals surface area contributed by atoms with Gasteiger partial charge in [-0.2, -0.15) is 0 Å². The molecule has 1 amide bonds. The Labute approximate surface area is 209 Å². The highest BCUT2D eigenvalue weighted by molar-refractivity contribution is 5.70. The number of rotatable bonds is 6. The molecule has 2 atom stereocenters. The van der Waals surface area contributed by atoms with E-state index in [1.54, 1.807) is 6.07 Å². The van der Waals surface area contributed by atoms with Gasteiger partial charge in [0.25, 0.3) is 0 Å². The number of amides is 1. The predicted molar refractivity (Wildman–Crippen MR) is 138 cm³/mol. The van der Waals surface area contributed by atoms with Crippen LogP contribution >= 0.6 is 0 Å². The molecule has 1 aliphatic carbocycles. The molecule has 6 rings (SSSR count). The second-order valence-electron chi connectivity index (χ2n) is 11.5. The summed E-state index contributed by atoms with van der Waals surface area (Å²) in [6.07, 6.45) is 6.97. The fourth-order valence-corrected chi connectivity index (χ4v) is 6.20. The molecule has 3 heterocycles. The lowest BCUT2D eigenvalue weighted by Crippen LogP contribution is -2.53. The van der Waals surface area contributed by atoms with E-state index < -0.39 is 0 Å². The van der Waals surface area contributed by atoms with Crippen LogP contribution in [-0.4, -0.2) is 36.7 Å². The standard InChI is InChI=1S/C30H39FN2O2/c1-4-5-6-20-7-9-21(10-8-20)24-17-23-11-14-30(2,3)28(25(23)18-26(24)31)32-29(34)35-27-19-33-15-12-22(27)13-16-33/h7-10,17-18,22,27-28H,4-6,11-16,19H2,1-3H3,(H,32,34)/t27-,28+/m1/s1. The van der Waals surface area contributed by atoms with Gasteiger partial charge in [0.2, 0.25) is 0 Å². The van der Waals surface area contributed by atoms with Gasteiger partial charge in [0, 0.05) is 12.1 Å². The molecular formula is C30H39FN2O2. The summed E-state index contributed by atoms with van der Waals surface area (Å²) in [5, 5.41) is 3.14. The van der Waals surface area contributed by atoms with E-state index >= 15 is 4.39 Å². The Bertz CT molecular complexity index is 1060. The van der Waals surface area contributed by atoms with Crippen molar-refractivity contribution in [3.05, 3.63) is 58.9 Å². The number of carbonyl (C=O) groups is 1. The van der Waals surface area contributed by atoms with Gasteiger partial charge in [-0.1, -0.05) is 51.5 Å². The summed E-state index contributed by atoms with van der Waals surface area (Å²) in [5.41, 5.74) is 4.65. The summed E-state index contributed by atoms with van der Waals surface area (Å²) in [6.45, 7) is 9.54. The van der Waals surface area contributed by atoms with Gasteiger partial charge in [-0.15, -0.1) is 0 Å². The van der Waals surface area contributed by atoms with Crippen LogP contribution in [0.1, 0.15) is 75.6 Å². The first kappa shape index (κ1) is 24.3. The molecule has 0 aromatic heterocycles. The number of halogens is 1. The molecule has 3 fully saturated rings. The van der Waals surface area contributed by atoms with Crippen LogP contribution in [-0.2, 0) is 17.6 Å². The fraction of sp³-hybridized carbons (Fsp3) is 0.567. The molecule has 2 aromatic rings. The summed E-state index contributed by atoms with van der Waals surface area (Å²) in [6, 6.07) is 11.7. The van der Waals surface area contributed by atoms with E-state index in [0.717, 1.165) is 68.4 Å². The normalized spacial score (nSPS) is 26.7. The minimum atomic E-state index is -0.373. The van der Waals surface area contributed by atoms with Crippen molar-refractivity contribution in [2.45, 2.75) is 77.9 Å². The molecule has 188 valence electrons. The van der Waals surface area contributed by atoms with Crippen molar-refractivity contribution >= 4 is 6.09 Å². The second kappa shape index (κ2) is 9.93. The molecule has 3 saturated heterocycles. The number of nitrogens with zero attached hydrogens (tertiary/aromatic N) is 1. The zero-order chi connectivity index (χ0) is 24.6. The summed E-state index contributed by atoms with van der Waals surface area (Å²) in [7, 11) is 0. The van der Waals surface area contributed by atoms with Gasteiger partial charge < -0.3 is 10.1 Å². The maximum Gasteiger partial charge on any atom is 0.407 e. The maximum atomic E-state index is 15.5. The third kappa shape index (κ3) is 5.11. The minimum absolute atomic E-state index is 0.0388. The Balaban J connectivity index is 1.35. The molecule has 3 aliphatic heterocycles. The number of piperidine rings is 3. The summed E-state index contributed by atoms with van der Waals surface area (Å²) >= 11 is 0. The average molecular weight is 479 g/mol. The number of nitrogens with one attached hydrogen (secondary N) is 1. The molecule has 1 N–H and O–H groups in total. The first-order chi connectivity index (χ1) is 16.8. The first-order valence-corrected chi connectivity index (χ1v) is 13.4. The number of hydrogen-bond donors (Lipinski definition) is 1. The van der Waals surface area contributed by atoms with E-state index in [1.165, 1.54) is 18.4 Å². The van der Waals surface area contributed by atoms with Gasteiger partial charge in [-0.05, 0) is 97.3 Å². The van der Waals surface area contributed by atoms with Crippen LogP contribution in [0.2, 0.25) is 0 Å². The van der Waals surface area contributed by atoms with Crippen molar-refractivity contribution in [3.8, 4) is 11.1 Å². The maximum absolute atomic E-state index is 15.5. The summed E-state index contributed by atoms with van der Waals surface area (Å²) < 4.78 is 21.4. The van der Waals surface area contributed by atoms with E-state index in [-0.39, 0.29) is 29.5 Å². The van der Waals surface area contributed by atoms with Crippen molar-refractivity contribution in [3.63, 3.8) is 0 Å². The monoisotopic (exact) mass is 478 g/mol. The van der Waals surface area contributed by atoms with E-state index in [1.807, 2.05) is 18.2 Å². The topological polar surface area (TPSA) is 41.6 Å². The largest absolute Gasteiger partial charge is 0.445 e. The van der Waals surface area contributed by atoms with Crippen LogP contribution in [0.25, 0.3) is 11.1 Å². The Morgan fingerprint density at radius 2 is 1.91 bits per heavy atom. The number of carbonyl (C=O) groups excluding carboxylic acids is 1. The quantitative estimate of drug-likeness (QED) is 0.504. The molecule has 2 aromatic carbocycles. The van der Waals surface area contributed by atoms with Crippen LogP contribution < -0.4 is 5.32 Å². The van der Waals surface area contributed by atoms with Crippen LogP contribution in [0.3, 0.4) is 0 Å². The van der Waals surface area contributed by atoms with E-state index in [9.17, 15) is 4.79 Å². The lowest BCUT2D eigenvalue weighted by molar-refractivity contribution is -0.0353. The zero-order valence-corrected chi connectivity index (χ0v) is 21.4. The molecule has 2 bridgehead atoms. The van der Waals surface area contributed by atoms with Crippen molar-refractivity contribution in [2.24, 2.45) is 11.3 Å². The molecule has 0 radical (unpaired) electrons. The fourth-order valence-electron chi connectivity index (χ4n) is 6.20. The highest BCUT2D eigenvalue weighted by Crippen LogP contribution is 2.45. The smallest absolute Gasteiger partial charge is 0.407 e. The van der Waals surface area contributed by atoms with Gasteiger partial charge in [-0.3, -0.25) is 4.90 Å². The summed E-state index contributed by atoms with van der Waals surface area (Å²) in [5.74, 6) is 0.228. The minimum Gasteiger partial charge on any atom is -0.445 e. The number of benzene rings is 2. The molecule has 0 spiro atoms. The highest BCUT2D eigenvalue weighted by atomic mass is 19.1. The first-order valence-electron chi connectivity index (χ1n) is 13.4. The van der Waals surface area contributed by atoms with Crippen molar-refractivity contribution in [1.82, 2.24) is 10.2 Å². The number of aryl methyl sites for hydroxylation is 2. The second-order valence-corrected chi connectivity index (χ2v) is 11.5. The summed E-state index contributed by atoms with van der Waals surface area (Å²) in [4.78, 5) is 15.4. The van der Waals surface area contributed by atoms with Crippen molar-refractivity contribution in [1.29, 1.82) is 0 Å². The number of hydrogen-bond acceptors (Lipinski definition) is 3. The third-order valence-corrected chi connectivity index (χ3v) is 8.56. The molecule has 35 heavy (non-hydrogen) atoms. The molecule has 4 nitrogen and oxygen atoms in total. The van der Waals surface area contributed by atoms with Crippen LogP contribution in [0.15, 0.2) is 36.4 Å². The lowest BCUT2D eigenvalue weighted by Gasteiger charge is -2.44. The van der Waals surface area contributed by atoms with Gasteiger partial charge in [-0.25, -0.2) is 9.18 Å². The van der Waals surface area contributed by atoms with E-state index in [2.05, 4.69) is 43.1 Å². The molecule has 4 aliphatic rings. The van der Waals surface area contributed by atoms with Crippen LogP contribution in [0, 0.1) is 17.2 Å². The Morgan fingerprint density at radius 3 is 2.57 bits per heavy atom. The Morgan fingerprint density at radius 1 is 1.17 bits per heavy atom.